The van der Waals surface area contributed by atoms with Crippen LogP contribution in [0.4, 0.5) is 5.69 Å². The molecule has 90 valence electrons. The number of carbonyl (C=O) groups excluding carboxylic acids is 1. The first-order chi connectivity index (χ1) is 8.68. The lowest BCUT2D eigenvalue weighted by Gasteiger charge is -2.21. The molecule has 3 nitrogen and oxygen atoms in total. The highest BCUT2D eigenvalue weighted by atomic mass is 35.5. The summed E-state index contributed by atoms with van der Waals surface area (Å²) in [6.07, 6.45) is 3.39. The summed E-state index contributed by atoms with van der Waals surface area (Å²) in [6, 6.07) is 9.17. The third-order valence-corrected chi connectivity index (χ3v) is 3.46. The molecular weight excluding hydrogens is 248 g/mol. The molecule has 0 radical (unpaired) electrons. The molecule has 0 saturated carbocycles. The second-order valence-electron chi connectivity index (χ2n) is 4.29. The Balaban J connectivity index is 2.10. The van der Waals surface area contributed by atoms with Gasteiger partial charge in [0, 0.05) is 16.8 Å². The van der Waals surface area contributed by atoms with Gasteiger partial charge in [-0.1, -0.05) is 17.7 Å². The van der Waals surface area contributed by atoms with Crippen molar-refractivity contribution in [3.8, 4) is 0 Å². The van der Waals surface area contributed by atoms with E-state index < -0.39 is 0 Å². The SMILES string of the molecule is CC1c2ccc(Cl)cc2C(=O)N1c1cccnc1. The van der Waals surface area contributed by atoms with E-state index in [0.717, 1.165) is 11.3 Å². The maximum absolute atomic E-state index is 12.4. The fourth-order valence-corrected chi connectivity index (χ4v) is 2.53. The summed E-state index contributed by atoms with van der Waals surface area (Å²) in [6.45, 7) is 2.00. The number of amides is 1. The van der Waals surface area contributed by atoms with E-state index in [1.165, 1.54) is 0 Å². The van der Waals surface area contributed by atoms with E-state index in [4.69, 9.17) is 11.6 Å². The minimum atomic E-state index is -0.0204. The standard InChI is InChI=1S/C14H11ClN2O/c1-9-12-5-4-10(15)7-13(12)14(18)17(9)11-3-2-6-16-8-11/h2-9H,1H3. The molecule has 2 aromatic rings. The van der Waals surface area contributed by atoms with Gasteiger partial charge < -0.3 is 0 Å². The number of aromatic nitrogens is 1. The van der Waals surface area contributed by atoms with Crippen LogP contribution in [-0.4, -0.2) is 10.9 Å². The highest BCUT2D eigenvalue weighted by molar-refractivity contribution is 6.31. The van der Waals surface area contributed by atoms with E-state index >= 15 is 0 Å². The van der Waals surface area contributed by atoms with Gasteiger partial charge in [0.2, 0.25) is 0 Å². The minimum absolute atomic E-state index is 0.00830. The van der Waals surface area contributed by atoms with Gasteiger partial charge in [0.1, 0.15) is 0 Å². The molecule has 1 unspecified atom stereocenters. The van der Waals surface area contributed by atoms with Crippen LogP contribution in [-0.2, 0) is 0 Å². The zero-order valence-corrected chi connectivity index (χ0v) is 10.6. The molecule has 0 aliphatic carbocycles. The van der Waals surface area contributed by atoms with Gasteiger partial charge >= 0.3 is 0 Å². The number of benzene rings is 1. The number of nitrogens with zero attached hydrogens (tertiary/aromatic N) is 2. The van der Waals surface area contributed by atoms with Gasteiger partial charge in [-0.15, -0.1) is 0 Å². The van der Waals surface area contributed by atoms with Crippen molar-refractivity contribution in [1.29, 1.82) is 0 Å². The van der Waals surface area contributed by atoms with Crippen LogP contribution in [0, 0.1) is 0 Å². The maximum Gasteiger partial charge on any atom is 0.259 e. The highest BCUT2D eigenvalue weighted by Crippen LogP contribution is 2.37. The zero-order valence-electron chi connectivity index (χ0n) is 9.80. The molecule has 1 aliphatic heterocycles. The molecule has 0 fully saturated rings. The van der Waals surface area contributed by atoms with E-state index in [9.17, 15) is 4.79 Å². The number of anilines is 1. The Bertz CT molecular complexity index is 612. The molecule has 1 aliphatic rings. The molecule has 1 atom stereocenters. The fraction of sp³-hybridized carbons (Fsp3) is 0.143. The molecule has 0 bridgehead atoms. The largest absolute Gasteiger partial charge is 0.300 e. The number of halogens is 1. The topological polar surface area (TPSA) is 33.2 Å². The van der Waals surface area contributed by atoms with Crippen molar-refractivity contribution < 1.29 is 4.79 Å². The second kappa shape index (κ2) is 4.10. The van der Waals surface area contributed by atoms with Crippen molar-refractivity contribution in [2.75, 3.05) is 4.90 Å². The molecule has 1 aromatic heterocycles. The molecular formula is C14H11ClN2O. The summed E-state index contributed by atoms with van der Waals surface area (Å²) in [5.74, 6) is -0.0204. The van der Waals surface area contributed by atoms with Crippen molar-refractivity contribution in [2.24, 2.45) is 0 Å². The van der Waals surface area contributed by atoms with E-state index in [1.807, 2.05) is 31.2 Å². The van der Waals surface area contributed by atoms with Crippen LogP contribution >= 0.6 is 11.6 Å². The van der Waals surface area contributed by atoms with E-state index in [-0.39, 0.29) is 11.9 Å². The van der Waals surface area contributed by atoms with Crippen LogP contribution in [0.2, 0.25) is 5.02 Å². The van der Waals surface area contributed by atoms with Crippen molar-refractivity contribution in [3.05, 3.63) is 58.9 Å². The van der Waals surface area contributed by atoms with Gasteiger partial charge in [-0.25, -0.2) is 0 Å². The number of pyridine rings is 1. The molecule has 4 heteroatoms. The molecule has 1 aromatic carbocycles. The fourth-order valence-electron chi connectivity index (χ4n) is 2.36. The summed E-state index contributed by atoms with van der Waals surface area (Å²) in [7, 11) is 0. The van der Waals surface area contributed by atoms with Crippen LogP contribution in [0.25, 0.3) is 0 Å². The predicted molar refractivity (Wildman–Crippen MR) is 70.9 cm³/mol. The van der Waals surface area contributed by atoms with Gasteiger partial charge in [0.15, 0.2) is 0 Å². The van der Waals surface area contributed by atoms with Gasteiger partial charge in [-0.05, 0) is 36.8 Å². The monoisotopic (exact) mass is 258 g/mol. The average Bonchev–Trinajstić information content (AvgIpc) is 2.63. The summed E-state index contributed by atoms with van der Waals surface area (Å²) in [4.78, 5) is 18.2. The van der Waals surface area contributed by atoms with Crippen molar-refractivity contribution in [2.45, 2.75) is 13.0 Å². The minimum Gasteiger partial charge on any atom is -0.300 e. The van der Waals surface area contributed by atoms with Crippen LogP contribution in [0.1, 0.15) is 28.9 Å². The van der Waals surface area contributed by atoms with Gasteiger partial charge in [-0.3, -0.25) is 14.7 Å². The Morgan fingerprint density at radius 2 is 2.17 bits per heavy atom. The Morgan fingerprint density at radius 1 is 1.33 bits per heavy atom. The average molecular weight is 259 g/mol. The summed E-state index contributed by atoms with van der Waals surface area (Å²) < 4.78 is 0. The number of hydrogen-bond donors (Lipinski definition) is 0. The first kappa shape index (κ1) is 11.2. The molecule has 1 amide bonds. The normalized spacial score (nSPS) is 18.0. The highest BCUT2D eigenvalue weighted by Gasteiger charge is 2.34. The third kappa shape index (κ3) is 1.59. The van der Waals surface area contributed by atoms with E-state index in [1.54, 1.807) is 23.4 Å². The molecule has 0 N–H and O–H groups in total. The first-order valence-corrected chi connectivity index (χ1v) is 6.09. The third-order valence-electron chi connectivity index (χ3n) is 3.23. The van der Waals surface area contributed by atoms with Gasteiger partial charge in [0.25, 0.3) is 5.91 Å². The molecule has 0 saturated heterocycles. The molecule has 0 spiro atoms. The van der Waals surface area contributed by atoms with Crippen LogP contribution in [0.15, 0.2) is 42.7 Å². The lowest BCUT2D eigenvalue weighted by atomic mass is 10.1. The van der Waals surface area contributed by atoms with Crippen LogP contribution in [0.3, 0.4) is 0 Å². The number of fused-ring (bicyclic) bond motifs is 1. The number of hydrogen-bond acceptors (Lipinski definition) is 2. The zero-order chi connectivity index (χ0) is 12.7. The Morgan fingerprint density at radius 3 is 2.89 bits per heavy atom. The van der Waals surface area contributed by atoms with Crippen molar-refractivity contribution in [1.82, 2.24) is 4.98 Å². The maximum atomic E-state index is 12.4. The summed E-state index contributed by atoms with van der Waals surface area (Å²) >= 11 is 5.95. The van der Waals surface area contributed by atoms with Gasteiger partial charge in [0.05, 0.1) is 17.9 Å². The molecule has 3 rings (SSSR count). The molecule has 18 heavy (non-hydrogen) atoms. The summed E-state index contributed by atoms with van der Waals surface area (Å²) in [5.41, 5.74) is 2.49. The lowest BCUT2D eigenvalue weighted by molar-refractivity contribution is 0.0992. The first-order valence-electron chi connectivity index (χ1n) is 5.71. The second-order valence-corrected chi connectivity index (χ2v) is 4.73. The van der Waals surface area contributed by atoms with E-state index in [0.29, 0.717) is 10.6 Å². The Kier molecular flexibility index (Phi) is 2.56. The van der Waals surface area contributed by atoms with Crippen LogP contribution in [0.5, 0.6) is 0 Å². The van der Waals surface area contributed by atoms with Crippen LogP contribution < -0.4 is 4.90 Å². The van der Waals surface area contributed by atoms with E-state index in [2.05, 4.69) is 4.98 Å². The quantitative estimate of drug-likeness (QED) is 0.785. The number of rotatable bonds is 1. The van der Waals surface area contributed by atoms with Crippen molar-refractivity contribution >= 4 is 23.2 Å². The lowest BCUT2D eigenvalue weighted by Crippen LogP contribution is -2.26. The predicted octanol–water partition coefficient (Wildman–Crippen LogP) is 3.46. The number of carbonyl (C=O) groups is 1. The molecule has 2 heterocycles. The Labute approximate surface area is 110 Å². The Hall–Kier alpha value is -1.87. The van der Waals surface area contributed by atoms with Gasteiger partial charge in [-0.2, -0.15) is 0 Å². The smallest absolute Gasteiger partial charge is 0.259 e. The summed E-state index contributed by atoms with van der Waals surface area (Å²) in [5, 5.41) is 0.585. The van der Waals surface area contributed by atoms with Crippen molar-refractivity contribution in [3.63, 3.8) is 0 Å².